The summed E-state index contributed by atoms with van der Waals surface area (Å²) in [4.78, 5) is 22.8. The number of benzene rings is 1. The third kappa shape index (κ3) is 3.83. The Hall–Kier alpha value is -1.36. The molecule has 1 aromatic carbocycles. The number of fused-ring (bicyclic) bond motifs is 1. The van der Waals surface area contributed by atoms with Crippen molar-refractivity contribution in [1.29, 1.82) is 0 Å². The minimum Gasteiger partial charge on any atom is -0.310 e. The van der Waals surface area contributed by atoms with Crippen molar-refractivity contribution in [3.05, 3.63) is 61.2 Å². The lowest BCUT2D eigenvalue weighted by molar-refractivity contribution is 0.239. The summed E-state index contributed by atoms with van der Waals surface area (Å²) >= 11 is 12.1. The molecule has 1 N–H and O–H groups in total. The zero-order valence-electron chi connectivity index (χ0n) is 14.7. The van der Waals surface area contributed by atoms with Crippen LogP contribution in [-0.2, 0) is 19.5 Å². The molecule has 1 aromatic heterocycles. The third-order valence-electron chi connectivity index (χ3n) is 5.55. The van der Waals surface area contributed by atoms with Gasteiger partial charge in [0.05, 0.1) is 15.7 Å². The van der Waals surface area contributed by atoms with E-state index in [1.165, 1.54) is 19.3 Å². The lowest BCUT2D eigenvalue weighted by Crippen LogP contribution is -2.35. The van der Waals surface area contributed by atoms with Crippen molar-refractivity contribution in [3.63, 3.8) is 0 Å². The molecule has 0 atom stereocenters. The molecule has 0 bridgehead atoms. The monoisotopic (exact) mass is 391 g/mol. The second-order valence-corrected chi connectivity index (χ2v) is 8.23. The van der Waals surface area contributed by atoms with Crippen LogP contribution in [0.4, 0.5) is 0 Å². The van der Waals surface area contributed by atoms with Crippen LogP contribution in [0.15, 0.2) is 23.0 Å². The number of H-pyrrole nitrogens is 1. The summed E-state index contributed by atoms with van der Waals surface area (Å²) in [6.45, 7) is 2.34. The molecule has 1 aliphatic carbocycles. The second-order valence-electron chi connectivity index (χ2n) is 7.42. The van der Waals surface area contributed by atoms with Crippen LogP contribution in [0.3, 0.4) is 0 Å². The number of hydrogen-bond acceptors (Lipinski definition) is 3. The molecule has 0 spiro atoms. The fourth-order valence-electron chi connectivity index (χ4n) is 4.11. The van der Waals surface area contributed by atoms with Gasteiger partial charge < -0.3 is 4.98 Å². The molecule has 2 heterocycles. The molecular formula is C20H23Cl2N3O. The van der Waals surface area contributed by atoms with Gasteiger partial charge in [-0.25, -0.2) is 4.98 Å². The van der Waals surface area contributed by atoms with E-state index < -0.39 is 0 Å². The van der Waals surface area contributed by atoms with E-state index in [1.54, 1.807) is 0 Å². The zero-order valence-corrected chi connectivity index (χ0v) is 16.2. The summed E-state index contributed by atoms with van der Waals surface area (Å²) in [5.41, 5.74) is 2.99. The van der Waals surface area contributed by atoms with Gasteiger partial charge >= 0.3 is 0 Å². The second kappa shape index (κ2) is 7.71. The predicted molar refractivity (Wildman–Crippen MR) is 105 cm³/mol. The number of rotatable bonds is 3. The highest BCUT2D eigenvalue weighted by molar-refractivity contribution is 6.42. The van der Waals surface area contributed by atoms with E-state index in [1.807, 2.05) is 18.2 Å². The summed E-state index contributed by atoms with van der Waals surface area (Å²) in [6.07, 6.45) is 6.76. The first-order chi connectivity index (χ1) is 12.6. The fraction of sp³-hybridized carbons (Fsp3) is 0.500. The standard InChI is InChI=1S/C20H23Cl2N3O/c21-16-7-6-13(10-17(16)22)11-25-9-8-15-18(12-25)23-19(24-20(15)26)14-4-2-1-3-5-14/h6-7,10,14H,1-5,8-9,11-12H2,(H,23,24,26). The van der Waals surface area contributed by atoms with E-state index in [-0.39, 0.29) is 5.56 Å². The highest BCUT2D eigenvalue weighted by Gasteiger charge is 2.24. The lowest BCUT2D eigenvalue weighted by Gasteiger charge is -2.29. The fourth-order valence-corrected chi connectivity index (χ4v) is 4.43. The Bertz CT molecular complexity index is 859. The first-order valence-electron chi connectivity index (χ1n) is 9.38. The van der Waals surface area contributed by atoms with E-state index in [9.17, 15) is 4.79 Å². The highest BCUT2D eigenvalue weighted by atomic mass is 35.5. The lowest BCUT2D eigenvalue weighted by atomic mass is 9.88. The molecule has 1 fully saturated rings. The molecule has 2 aromatic rings. The molecule has 6 heteroatoms. The van der Waals surface area contributed by atoms with Gasteiger partial charge in [-0.1, -0.05) is 48.5 Å². The number of hydrogen-bond donors (Lipinski definition) is 1. The Morgan fingerprint density at radius 2 is 1.96 bits per heavy atom. The summed E-state index contributed by atoms with van der Waals surface area (Å²) in [7, 11) is 0. The van der Waals surface area contributed by atoms with Gasteiger partial charge in [0.1, 0.15) is 5.82 Å². The largest absolute Gasteiger partial charge is 0.310 e. The van der Waals surface area contributed by atoms with Gasteiger partial charge in [-0.15, -0.1) is 0 Å². The minimum absolute atomic E-state index is 0.0600. The number of aromatic nitrogens is 2. The topological polar surface area (TPSA) is 49.0 Å². The summed E-state index contributed by atoms with van der Waals surface area (Å²) in [5.74, 6) is 1.30. The molecular weight excluding hydrogens is 369 g/mol. The van der Waals surface area contributed by atoms with Crippen molar-refractivity contribution >= 4 is 23.2 Å². The van der Waals surface area contributed by atoms with E-state index in [2.05, 4.69) is 9.88 Å². The first-order valence-corrected chi connectivity index (χ1v) is 10.1. The molecule has 0 radical (unpaired) electrons. The van der Waals surface area contributed by atoms with Gasteiger partial charge in [0.15, 0.2) is 0 Å². The Morgan fingerprint density at radius 3 is 2.73 bits per heavy atom. The van der Waals surface area contributed by atoms with Crippen LogP contribution in [0.1, 0.15) is 60.7 Å². The van der Waals surface area contributed by atoms with Crippen LogP contribution in [0.2, 0.25) is 10.0 Å². The quantitative estimate of drug-likeness (QED) is 0.825. The van der Waals surface area contributed by atoms with Crippen LogP contribution < -0.4 is 5.56 Å². The zero-order chi connectivity index (χ0) is 18.1. The molecule has 138 valence electrons. The average Bonchev–Trinajstić information content (AvgIpc) is 2.65. The van der Waals surface area contributed by atoms with Crippen molar-refractivity contribution in [2.45, 2.75) is 57.5 Å². The van der Waals surface area contributed by atoms with Crippen LogP contribution in [-0.4, -0.2) is 21.4 Å². The number of nitrogens with zero attached hydrogens (tertiary/aromatic N) is 2. The smallest absolute Gasteiger partial charge is 0.254 e. The van der Waals surface area contributed by atoms with Crippen LogP contribution in [0, 0.1) is 0 Å². The maximum absolute atomic E-state index is 12.5. The number of halogens is 2. The SMILES string of the molecule is O=c1[nH]c(C2CCCCC2)nc2c1CCN(Cc1ccc(Cl)c(Cl)c1)C2. The summed E-state index contributed by atoms with van der Waals surface area (Å²) in [5, 5.41) is 1.15. The average molecular weight is 392 g/mol. The van der Waals surface area contributed by atoms with Crippen molar-refractivity contribution in [2.24, 2.45) is 0 Å². The molecule has 1 aliphatic heterocycles. The van der Waals surface area contributed by atoms with Crippen molar-refractivity contribution in [1.82, 2.24) is 14.9 Å². The number of aromatic amines is 1. The Labute approximate surface area is 163 Å². The van der Waals surface area contributed by atoms with Crippen molar-refractivity contribution in [2.75, 3.05) is 6.54 Å². The van der Waals surface area contributed by atoms with Gasteiger partial charge in [0, 0.05) is 31.1 Å². The Balaban J connectivity index is 1.54. The molecule has 4 nitrogen and oxygen atoms in total. The highest BCUT2D eigenvalue weighted by Crippen LogP contribution is 2.31. The normalized spacial score (nSPS) is 18.7. The van der Waals surface area contributed by atoms with Gasteiger partial charge in [-0.2, -0.15) is 0 Å². The maximum atomic E-state index is 12.5. The molecule has 0 unspecified atom stereocenters. The van der Waals surface area contributed by atoms with Crippen molar-refractivity contribution < 1.29 is 0 Å². The first kappa shape index (κ1) is 18.0. The molecule has 4 rings (SSSR count). The summed E-state index contributed by atoms with van der Waals surface area (Å²) < 4.78 is 0. The van der Waals surface area contributed by atoms with Crippen molar-refractivity contribution in [3.8, 4) is 0 Å². The van der Waals surface area contributed by atoms with Crippen LogP contribution in [0.5, 0.6) is 0 Å². The Kier molecular flexibility index (Phi) is 5.35. The van der Waals surface area contributed by atoms with Gasteiger partial charge in [0.2, 0.25) is 0 Å². The minimum atomic E-state index is 0.0600. The van der Waals surface area contributed by atoms with Gasteiger partial charge in [0.25, 0.3) is 5.56 Å². The summed E-state index contributed by atoms with van der Waals surface area (Å²) in [6, 6.07) is 5.75. The maximum Gasteiger partial charge on any atom is 0.254 e. The van der Waals surface area contributed by atoms with E-state index >= 15 is 0 Å². The van der Waals surface area contributed by atoms with Gasteiger partial charge in [-0.05, 0) is 37.0 Å². The number of nitrogens with one attached hydrogen (secondary N) is 1. The molecule has 0 saturated heterocycles. The van der Waals surface area contributed by atoms with E-state index in [0.29, 0.717) is 22.5 Å². The van der Waals surface area contributed by atoms with Crippen LogP contribution >= 0.6 is 23.2 Å². The van der Waals surface area contributed by atoms with E-state index in [4.69, 9.17) is 28.2 Å². The molecule has 2 aliphatic rings. The molecule has 1 saturated carbocycles. The Morgan fingerprint density at radius 1 is 1.15 bits per heavy atom. The third-order valence-corrected chi connectivity index (χ3v) is 6.29. The van der Waals surface area contributed by atoms with Gasteiger partial charge in [-0.3, -0.25) is 9.69 Å². The van der Waals surface area contributed by atoms with Crippen LogP contribution in [0.25, 0.3) is 0 Å². The predicted octanol–water partition coefficient (Wildman–Crippen LogP) is 4.68. The molecule has 0 amide bonds. The van der Waals surface area contributed by atoms with E-state index in [0.717, 1.165) is 55.0 Å². The molecule has 26 heavy (non-hydrogen) atoms.